The first-order valence-corrected chi connectivity index (χ1v) is 7.78. The first-order chi connectivity index (χ1) is 10.2. The van der Waals surface area contributed by atoms with Crippen LogP contribution in [0.1, 0.15) is 43.0 Å². The summed E-state index contributed by atoms with van der Waals surface area (Å²) in [5.74, 6) is 0.285. The molecule has 0 amide bonds. The van der Waals surface area contributed by atoms with Gasteiger partial charge in [-0.3, -0.25) is 0 Å². The lowest BCUT2D eigenvalue weighted by atomic mass is 10.2. The number of pyridine rings is 1. The van der Waals surface area contributed by atoms with Gasteiger partial charge in [0.15, 0.2) is 0 Å². The zero-order valence-corrected chi connectivity index (χ0v) is 13.0. The second-order valence-corrected chi connectivity index (χ2v) is 5.47. The Hall–Kier alpha value is -1.62. The molecule has 2 rings (SSSR count). The average Bonchev–Trinajstić information content (AvgIpc) is 3.02. The highest BCUT2D eigenvalue weighted by Crippen LogP contribution is 2.22. The van der Waals surface area contributed by atoms with E-state index in [1.807, 2.05) is 0 Å². The van der Waals surface area contributed by atoms with Gasteiger partial charge in [0.2, 0.25) is 0 Å². The zero-order valence-electron chi connectivity index (χ0n) is 13.0. The Morgan fingerprint density at radius 1 is 1.48 bits per heavy atom. The van der Waals surface area contributed by atoms with Crippen LogP contribution in [0.4, 0.5) is 5.82 Å². The molecule has 0 aromatic carbocycles. The fraction of sp³-hybridized carbons (Fsp3) is 0.625. The van der Waals surface area contributed by atoms with Gasteiger partial charge < -0.3 is 15.0 Å². The Morgan fingerprint density at radius 2 is 2.24 bits per heavy atom. The van der Waals surface area contributed by atoms with Gasteiger partial charge in [-0.2, -0.15) is 0 Å². The van der Waals surface area contributed by atoms with Gasteiger partial charge in [-0.1, -0.05) is 12.8 Å². The number of esters is 1. The molecule has 0 atom stereocenters. The number of carbonyl (C=O) groups excluding carboxylic acids is 1. The largest absolute Gasteiger partial charge is 0.462 e. The van der Waals surface area contributed by atoms with Crippen LogP contribution in [-0.2, 0) is 4.74 Å². The number of nitrogens with zero attached hydrogens (tertiary/aromatic N) is 2. The number of rotatable bonds is 7. The van der Waals surface area contributed by atoms with Crippen molar-refractivity contribution < 1.29 is 9.53 Å². The van der Waals surface area contributed by atoms with E-state index < -0.39 is 0 Å². The minimum atomic E-state index is -0.322. The quantitative estimate of drug-likeness (QED) is 0.782. The Morgan fingerprint density at radius 3 is 2.95 bits per heavy atom. The van der Waals surface area contributed by atoms with Crippen molar-refractivity contribution >= 4 is 11.8 Å². The second-order valence-electron chi connectivity index (χ2n) is 5.47. The zero-order chi connectivity index (χ0) is 15.1. The minimum Gasteiger partial charge on any atom is -0.462 e. The SMILES string of the molecule is CCOC(=O)c1cccnc1NCCN(C)C1CCCC1. The second kappa shape index (κ2) is 7.98. The summed E-state index contributed by atoms with van der Waals surface area (Å²) >= 11 is 0. The number of hydrogen-bond acceptors (Lipinski definition) is 5. The van der Waals surface area contributed by atoms with Gasteiger partial charge >= 0.3 is 5.97 Å². The molecule has 1 fully saturated rings. The fourth-order valence-electron chi connectivity index (χ4n) is 2.80. The topological polar surface area (TPSA) is 54.5 Å². The van der Waals surface area contributed by atoms with E-state index in [1.54, 1.807) is 25.3 Å². The molecule has 116 valence electrons. The molecule has 21 heavy (non-hydrogen) atoms. The Kier molecular flexibility index (Phi) is 5.99. The first kappa shape index (κ1) is 15.8. The molecule has 0 aliphatic heterocycles. The van der Waals surface area contributed by atoms with Crippen LogP contribution in [0.25, 0.3) is 0 Å². The number of anilines is 1. The van der Waals surface area contributed by atoms with E-state index in [-0.39, 0.29) is 5.97 Å². The smallest absolute Gasteiger partial charge is 0.341 e. The van der Waals surface area contributed by atoms with Crippen LogP contribution in [0.3, 0.4) is 0 Å². The molecule has 1 aromatic rings. The van der Waals surface area contributed by atoms with Gasteiger partial charge in [0.05, 0.1) is 6.61 Å². The van der Waals surface area contributed by atoms with Crippen LogP contribution in [0.5, 0.6) is 0 Å². The van der Waals surface area contributed by atoms with Crippen LogP contribution in [0, 0.1) is 0 Å². The van der Waals surface area contributed by atoms with Crippen LogP contribution >= 0.6 is 0 Å². The molecule has 0 unspecified atom stereocenters. The third-order valence-electron chi connectivity index (χ3n) is 4.01. The van der Waals surface area contributed by atoms with E-state index in [0.717, 1.165) is 13.1 Å². The molecule has 1 saturated carbocycles. The standard InChI is InChI=1S/C16H25N3O2/c1-3-21-16(20)14-9-6-10-17-15(14)18-11-12-19(2)13-7-4-5-8-13/h6,9-10,13H,3-5,7-8,11-12H2,1-2H3,(H,17,18). The van der Waals surface area contributed by atoms with Crippen molar-refractivity contribution in [3.63, 3.8) is 0 Å². The predicted molar refractivity (Wildman–Crippen MR) is 83.6 cm³/mol. The van der Waals surface area contributed by atoms with Gasteiger partial charge in [0, 0.05) is 25.3 Å². The summed E-state index contributed by atoms with van der Waals surface area (Å²) in [6, 6.07) is 4.20. The van der Waals surface area contributed by atoms with E-state index in [4.69, 9.17) is 4.74 Å². The summed E-state index contributed by atoms with van der Waals surface area (Å²) in [5.41, 5.74) is 0.503. The lowest BCUT2D eigenvalue weighted by Crippen LogP contribution is -2.33. The Labute approximate surface area is 126 Å². The van der Waals surface area contributed by atoms with E-state index in [1.165, 1.54) is 25.7 Å². The number of aromatic nitrogens is 1. The van der Waals surface area contributed by atoms with E-state index in [0.29, 0.717) is 24.0 Å². The number of nitrogens with one attached hydrogen (secondary N) is 1. The number of ether oxygens (including phenoxy) is 1. The molecule has 0 radical (unpaired) electrons. The number of hydrogen-bond donors (Lipinski definition) is 1. The van der Waals surface area contributed by atoms with Gasteiger partial charge in [-0.05, 0) is 38.9 Å². The molecule has 1 aliphatic carbocycles. The van der Waals surface area contributed by atoms with Crippen molar-refractivity contribution in [2.45, 2.75) is 38.6 Å². The highest BCUT2D eigenvalue weighted by atomic mass is 16.5. The number of carbonyl (C=O) groups is 1. The molecular weight excluding hydrogens is 266 g/mol. The third-order valence-corrected chi connectivity index (χ3v) is 4.01. The maximum Gasteiger partial charge on any atom is 0.341 e. The molecular formula is C16H25N3O2. The molecule has 5 nitrogen and oxygen atoms in total. The van der Waals surface area contributed by atoms with Crippen molar-refractivity contribution in [1.29, 1.82) is 0 Å². The van der Waals surface area contributed by atoms with Crippen LogP contribution < -0.4 is 5.32 Å². The van der Waals surface area contributed by atoms with Crippen LogP contribution in [0.15, 0.2) is 18.3 Å². The fourth-order valence-corrected chi connectivity index (χ4v) is 2.80. The summed E-state index contributed by atoms with van der Waals surface area (Å²) in [4.78, 5) is 18.5. The minimum absolute atomic E-state index is 0.322. The number of likely N-dealkylation sites (N-methyl/N-ethyl adjacent to an activating group) is 1. The van der Waals surface area contributed by atoms with Crippen molar-refractivity contribution in [3.8, 4) is 0 Å². The summed E-state index contributed by atoms with van der Waals surface area (Å²) in [5, 5.41) is 3.25. The molecule has 0 bridgehead atoms. The van der Waals surface area contributed by atoms with E-state index in [9.17, 15) is 4.79 Å². The molecule has 0 spiro atoms. The Balaban J connectivity index is 1.86. The van der Waals surface area contributed by atoms with Crippen molar-refractivity contribution in [1.82, 2.24) is 9.88 Å². The lowest BCUT2D eigenvalue weighted by molar-refractivity contribution is 0.0527. The summed E-state index contributed by atoms with van der Waals surface area (Å²) in [6.45, 7) is 3.90. The maximum absolute atomic E-state index is 11.9. The normalized spacial score (nSPS) is 15.4. The summed E-state index contributed by atoms with van der Waals surface area (Å²) in [7, 11) is 2.17. The molecule has 1 aromatic heterocycles. The lowest BCUT2D eigenvalue weighted by Gasteiger charge is -2.24. The van der Waals surface area contributed by atoms with Crippen molar-refractivity contribution in [2.75, 3.05) is 32.1 Å². The predicted octanol–water partition coefficient (Wildman–Crippen LogP) is 2.54. The van der Waals surface area contributed by atoms with Gasteiger partial charge in [-0.15, -0.1) is 0 Å². The van der Waals surface area contributed by atoms with Crippen LogP contribution in [-0.4, -0.2) is 48.6 Å². The van der Waals surface area contributed by atoms with Gasteiger partial charge in [-0.25, -0.2) is 9.78 Å². The summed E-state index contributed by atoms with van der Waals surface area (Å²) < 4.78 is 5.05. The third kappa shape index (κ3) is 4.43. The van der Waals surface area contributed by atoms with Crippen molar-refractivity contribution in [2.24, 2.45) is 0 Å². The van der Waals surface area contributed by atoms with E-state index >= 15 is 0 Å². The van der Waals surface area contributed by atoms with Crippen LogP contribution in [0.2, 0.25) is 0 Å². The molecule has 1 N–H and O–H groups in total. The average molecular weight is 291 g/mol. The maximum atomic E-state index is 11.9. The Bertz CT molecular complexity index is 459. The first-order valence-electron chi connectivity index (χ1n) is 7.78. The highest BCUT2D eigenvalue weighted by molar-refractivity contribution is 5.94. The van der Waals surface area contributed by atoms with Gasteiger partial charge in [0.1, 0.15) is 11.4 Å². The summed E-state index contributed by atoms with van der Waals surface area (Å²) in [6.07, 6.45) is 6.97. The molecule has 5 heteroatoms. The highest BCUT2D eigenvalue weighted by Gasteiger charge is 2.19. The molecule has 1 aliphatic rings. The molecule has 0 saturated heterocycles. The van der Waals surface area contributed by atoms with Gasteiger partial charge in [0.25, 0.3) is 0 Å². The van der Waals surface area contributed by atoms with E-state index in [2.05, 4.69) is 22.2 Å². The molecule has 1 heterocycles. The monoisotopic (exact) mass is 291 g/mol. The van der Waals surface area contributed by atoms with Crippen molar-refractivity contribution in [3.05, 3.63) is 23.9 Å².